The molecule has 94 valence electrons. The van der Waals surface area contributed by atoms with Gasteiger partial charge in [0.15, 0.2) is 0 Å². The van der Waals surface area contributed by atoms with Gasteiger partial charge in [-0.05, 0) is 18.2 Å². The molecule has 0 aliphatic carbocycles. The quantitative estimate of drug-likeness (QED) is 0.616. The van der Waals surface area contributed by atoms with Crippen molar-refractivity contribution in [3.8, 4) is 5.75 Å². The van der Waals surface area contributed by atoms with E-state index in [9.17, 15) is 14.4 Å². The van der Waals surface area contributed by atoms with Gasteiger partial charge in [0.25, 0.3) is 5.78 Å². The first-order chi connectivity index (χ1) is 8.50. The minimum absolute atomic E-state index is 0.0198. The number of rotatable bonds is 2. The number of hydrogen-bond acceptors (Lipinski definition) is 4. The van der Waals surface area contributed by atoms with E-state index in [-0.39, 0.29) is 24.5 Å². The molecule has 6 nitrogen and oxygen atoms in total. The second kappa shape index (κ2) is 4.48. The zero-order valence-electron chi connectivity index (χ0n) is 9.67. The molecule has 0 unspecified atom stereocenters. The van der Waals surface area contributed by atoms with Gasteiger partial charge in [-0.3, -0.25) is 9.59 Å². The van der Waals surface area contributed by atoms with Crippen molar-refractivity contribution in [2.24, 2.45) is 0 Å². The topological polar surface area (TPSA) is 83.9 Å². The lowest BCUT2D eigenvalue weighted by Gasteiger charge is -2.16. The monoisotopic (exact) mass is 249 g/mol. The minimum atomic E-state index is -1.53. The number of benzene rings is 1. The number of ketones is 1. The Hall–Kier alpha value is -2.37. The molecule has 2 rings (SSSR count). The summed E-state index contributed by atoms with van der Waals surface area (Å²) < 4.78 is 5.36. The van der Waals surface area contributed by atoms with Gasteiger partial charge in [0.05, 0.1) is 18.7 Å². The fraction of sp³-hybridized carbons (Fsp3) is 0.250. The van der Waals surface area contributed by atoms with Crippen molar-refractivity contribution < 1.29 is 24.2 Å². The Bertz CT molecular complexity index is 537. The average Bonchev–Trinajstić information content (AvgIpc) is 2.49. The summed E-state index contributed by atoms with van der Waals surface area (Å²) in [6.07, 6.45) is 0.243. The van der Waals surface area contributed by atoms with Crippen LogP contribution in [0.3, 0.4) is 0 Å². The third-order valence-electron chi connectivity index (χ3n) is 2.72. The van der Waals surface area contributed by atoms with E-state index in [0.717, 1.165) is 0 Å². The van der Waals surface area contributed by atoms with E-state index >= 15 is 0 Å². The highest BCUT2D eigenvalue weighted by Crippen LogP contribution is 2.31. The highest BCUT2D eigenvalue weighted by molar-refractivity contribution is 6.40. The molecule has 0 radical (unpaired) electrons. The molecule has 0 fully saturated rings. The van der Waals surface area contributed by atoms with Crippen LogP contribution in [-0.4, -0.2) is 36.4 Å². The molecule has 0 spiro atoms. The van der Waals surface area contributed by atoms with Crippen LogP contribution >= 0.6 is 0 Å². The smallest absolute Gasteiger partial charge is 0.377 e. The Kier molecular flexibility index (Phi) is 3.01. The summed E-state index contributed by atoms with van der Waals surface area (Å²) in [6.45, 7) is 0.266. The summed E-state index contributed by atoms with van der Waals surface area (Å²) in [5, 5.41) is 8.65. The molecule has 1 aromatic rings. The number of hydrogen-bond donors (Lipinski definition) is 1. The minimum Gasteiger partial charge on any atom is -0.491 e. The van der Waals surface area contributed by atoms with E-state index in [2.05, 4.69) is 0 Å². The summed E-state index contributed by atoms with van der Waals surface area (Å²) in [7, 11) is 1.56. The SMILES string of the molecule is CN1C(=O)CCOc2ccc(C(=O)C(=O)O)cc21. The van der Waals surface area contributed by atoms with Crippen LogP contribution in [0.15, 0.2) is 18.2 Å². The van der Waals surface area contributed by atoms with Crippen LogP contribution in [0.1, 0.15) is 16.8 Å². The Labute approximate surface area is 103 Å². The third kappa shape index (κ3) is 2.04. The number of nitrogens with zero attached hydrogens (tertiary/aromatic N) is 1. The van der Waals surface area contributed by atoms with Crippen molar-refractivity contribution in [3.05, 3.63) is 23.8 Å². The average molecular weight is 249 g/mol. The van der Waals surface area contributed by atoms with Gasteiger partial charge in [0.1, 0.15) is 5.75 Å². The van der Waals surface area contributed by atoms with Crippen molar-refractivity contribution in [1.29, 1.82) is 0 Å². The van der Waals surface area contributed by atoms with Gasteiger partial charge in [-0.15, -0.1) is 0 Å². The standard InChI is InChI=1S/C12H11NO5/c1-13-8-6-7(11(15)12(16)17)2-3-9(8)18-5-4-10(13)14/h2-3,6H,4-5H2,1H3,(H,16,17). The summed E-state index contributed by atoms with van der Waals surface area (Å²) >= 11 is 0. The molecule has 18 heavy (non-hydrogen) atoms. The number of carbonyl (C=O) groups excluding carboxylic acids is 2. The highest BCUT2D eigenvalue weighted by atomic mass is 16.5. The predicted molar refractivity (Wildman–Crippen MR) is 61.9 cm³/mol. The summed E-state index contributed by atoms with van der Waals surface area (Å²) in [5.74, 6) is -2.22. The van der Waals surface area contributed by atoms with Crippen molar-refractivity contribution in [1.82, 2.24) is 0 Å². The molecule has 6 heteroatoms. The second-order valence-corrected chi connectivity index (χ2v) is 3.87. The van der Waals surface area contributed by atoms with E-state index in [4.69, 9.17) is 9.84 Å². The lowest BCUT2D eigenvalue weighted by Crippen LogP contribution is -2.25. The second-order valence-electron chi connectivity index (χ2n) is 3.87. The molecule has 1 heterocycles. The fourth-order valence-electron chi connectivity index (χ4n) is 1.72. The van der Waals surface area contributed by atoms with Crippen molar-refractivity contribution in [2.75, 3.05) is 18.6 Å². The predicted octanol–water partition coefficient (Wildman–Crippen LogP) is 0.699. The molecule has 1 amide bonds. The van der Waals surface area contributed by atoms with Gasteiger partial charge in [0, 0.05) is 12.6 Å². The van der Waals surface area contributed by atoms with Gasteiger partial charge in [0.2, 0.25) is 5.91 Å². The first kappa shape index (κ1) is 12.1. The van der Waals surface area contributed by atoms with Gasteiger partial charge < -0.3 is 14.7 Å². The number of ether oxygens (including phenoxy) is 1. The summed E-state index contributed by atoms with van der Waals surface area (Å²) in [6, 6.07) is 4.23. The fourth-order valence-corrected chi connectivity index (χ4v) is 1.72. The van der Waals surface area contributed by atoms with Gasteiger partial charge in [-0.2, -0.15) is 0 Å². The molecule has 1 N–H and O–H groups in total. The highest BCUT2D eigenvalue weighted by Gasteiger charge is 2.23. The van der Waals surface area contributed by atoms with Crippen LogP contribution in [0.25, 0.3) is 0 Å². The van der Waals surface area contributed by atoms with Crippen LogP contribution in [0.2, 0.25) is 0 Å². The number of carboxylic acid groups (broad SMARTS) is 1. The number of amides is 1. The van der Waals surface area contributed by atoms with Crippen LogP contribution < -0.4 is 9.64 Å². The third-order valence-corrected chi connectivity index (χ3v) is 2.72. The van der Waals surface area contributed by atoms with E-state index in [1.165, 1.54) is 23.1 Å². The number of carboxylic acids is 1. The van der Waals surface area contributed by atoms with Crippen molar-refractivity contribution in [2.45, 2.75) is 6.42 Å². The zero-order chi connectivity index (χ0) is 13.3. The van der Waals surface area contributed by atoms with Gasteiger partial charge in [-0.25, -0.2) is 4.79 Å². The van der Waals surface area contributed by atoms with E-state index in [1.54, 1.807) is 7.05 Å². The van der Waals surface area contributed by atoms with E-state index < -0.39 is 11.8 Å². The van der Waals surface area contributed by atoms with Crippen LogP contribution in [0.5, 0.6) is 5.75 Å². The Morgan fingerprint density at radius 2 is 2.11 bits per heavy atom. The number of anilines is 1. The molecule has 0 bridgehead atoms. The maximum absolute atomic E-state index is 11.6. The summed E-state index contributed by atoms with van der Waals surface area (Å²) in [4.78, 5) is 35.0. The zero-order valence-corrected chi connectivity index (χ0v) is 9.67. The molecule has 0 saturated carbocycles. The molecule has 0 atom stereocenters. The van der Waals surface area contributed by atoms with E-state index in [1.807, 2.05) is 0 Å². The molecule has 1 aliphatic heterocycles. The molecular formula is C12H11NO5. The summed E-state index contributed by atoms with van der Waals surface area (Å²) in [5.41, 5.74) is 0.427. The largest absolute Gasteiger partial charge is 0.491 e. The first-order valence-electron chi connectivity index (χ1n) is 5.31. The van der Waals surface area contributed by atoms with Crippen molar-refractivity contribution in [3.63, 3.8) is 0 Å². The Morgan fingerprint density at radius 1 is 1.39 bits per heavy atom. The molecule has 1 aliphatic rings. The molecule has 0 saturated heterocycles. The first-order valence-corrected chi connectivity index (χ1v) is 5.31. The Morgan fingerprint density at radius 3 is 2.78 bits per heavy atom. The number of aliphatic carboxylic acids is 1. The van der Waals surface area contributed by atoms with Crippen LogP contribution in [0, 0.1) is 0 Å². The van der Waals surface area contributed by atoms with Gasteiger partial charge in [-0.1, -0.05) is 0 Å². The van der Waals surface area contributed by atoms with Crippen LogP contribution in [-0.2, 0) is 9.59 Å². The van der Waals surface area contributed by atoms with Gasteiger partial charge >= 0.3 is 5.97 Å². The lowest BCUT2D eigenvalue weighted by molar-refractivity contribution is -0.131. The van der Waals surface area contributed by atoms with E-state index in [0.29, 0.717) is 11.4 Å². The maximum Gasteiger partial charge on any atom is 0.377 e. The number of carbonyl (C=O) groups is 3. The maximum atomic E-state index is 11.6. The van der Waals surface area contributed by atoms with Crippen LogP contribution in [0.4, 0.5) is 5.69 Å². The lowest BCUT2D eigenvalue weighted by atomic mass is 10.1. The van der Waals surface area contributed by atoms with Crippen molar-refractivity contribution >= 4 is 23.3 Å². The Balaban J connectivity index is 2.47. The number of Topliss-reactive ketones (excluding diaryl/α,β-unsaturated/α-hetero) is 1. The molecule has 1 aromatic carbocycles. The molecular weight excluding hydrogens is 238 g/mol. The normalized spacial score (nSPS) is 14.5. The number of fused-ring (bicyclic) bond motifs is 1. The molecule has 0 aromatic heterocycles.